The third kappa shape index (κ3) is 2.95. The Labute approximate surface area is 128 Å². The van der Waals surface area contributed by atoms with E-state index in [1.807, 2.05) is 40.9 Å². The van der Waals surface area contributed by atoms with Crippen LogP contribution in [0.3, 0.4) is 0 Å². The van der Waals surface area contributed by atoms with E-state index in [4.69, 9.17) is 0 Å². The normalized spacial score (nSPS) is 22.3. The zero-order chi connectivity index (χ0) is 14.8. The van der Waals surface area contributed by atoms with Gasteiger partial charge < -0.3 is 4.90 Å². The van der Waals surface area contributed by atoms with Crippen molar-refractivity contribution in [2.45, 2.75) is 24.3 Å². The summed E-state index contributed by atoms with van der Waals surface area (Å²) in [5.41, 5.74) is 1.45. The second-order valence-electron chi connectivity index (χ2n) is 5.33. The van der Waals surface area contributed by atoms with Crippen molar-refractivity contribution < 1.29 is 4.79 Å². The second-order valence-corrected chi connectivity index (χ2v) is 7.21. The first kappa shape index (κ1) is 14.1. The Bertz CT molecular complexity index is 618. The first-order valence-corrected chi connectivity index (χ1v) is 8.00. The Morgan fingerprint density at radius 1 is 1.24 bits per heavy atom. The molecule has 1 aliphatic rings. The molecule has 0 saturated carbocycles. The smallest absolute Gasteiger partial charge is 0.256 e. The van der Waals surface area contributed by atoms with Gasteiger partial charge in [-0.2, -0.15) is 11.8 Å². The molecule has 21 heavy (non-hydrogen) atoms. The van der Waals surface area contributed by atoms with E-state index >= 15 is 0 Å². The Hall–Kier alpha value is -1.82. The van der Waals surface area contributed by atoms with Crippen LogP contribution in [0, 0.1) is 0 Å². The number of benzene rings is 1. The van der Waals surface area contributed by atoms with Crippen LogP contribution in [0.25, 0.3) is 5.69 Å². The summed E-state index contributed by atoms with van der Waals surface area (Å²) in [6, 6.07) is 7.55. The van der Waals surface area contributed by atoms with Gasteiger partial charge in [-0.25, -0.2) is 4.68 Å². The molecule has 0 unspecified atom stereocenters. The van der Waals surface area contributed by atoms with Crippen LogP contribution in [0.1, 0.15) is 24.2 Å². The summed E-state index contributed by atoms with van der Waals surface area (Å²) in [6.45, 7) is 5.92. The molecule has 110 valence electrons. The molecule has 0 spiro atoms. The maximum Gasteiger partial charge on any atom is 0.256 e. The van der Waals surface area contributed by atoms with Crippen LogP contribution in [0.4, 0.5) is 0 Å². The Balaban J connectivity index is 1.92. The quantitative estimate of drug-likeness (QED) is 0.853. The van der Waals surface area contributed by atoms with E-state index in [-0.39, 0.29) is 5.91 Å². The molecule has 2 heterocycles. The fraction of sp³-hybridized carbons (Fsp3) is 0.400. The van der Waals surface area contributed by atoms with E-state index in [0.29, 0.717) is 16.1 Å². The number of para-hydroxylation sites is 1. The summed E-state index contributed by atoms with van der Waals surface area (Å²) in [5, 5.41) is 8.75. The Morgan fingerprint density at radius 2 is 1.95 bits per heavy atom. The van der Waals surface area contributed by atoms with Crippen molar-refractivity contribution in [3.63, 3.8) is 0 Å². The number of carbonyl (C=O) groups is 1. The predicted octanol–water partition coefficient (Wildman–Crippen LogP) is 2.23. The van der Waals surface area contributed by atoms with Crippen molar-refractivity contribution in [3.05, 3.63) is 42.2 Å². The van der Waals surface area contributed by atoms with Crippen LogP contribution in [-0.2, 0) is 0 Å². The molecule has 6 heteroatoms. The largest absolute Gasteiger partial charge is 0.336 e. The van der Waals surface area contributed by atoms with Crippen molar-refractivity contribution in [2.24, 2.45) is 0 Å². The maximum absolute atomic E-state index is 12.9. The van der Waals surface area contributed by atoms with E-state index in [9.17, 15) is 4.79 Å². The molecular weight excluding hydrogens is 284 g/mol. The lowest BCUT2D eigenvalue weighted by atomic mass is 10.1. The van der Waals surface area contributed by atoms with Crippen molar-refractivity contribution in [1.29, 1.82) is 0 Å². The van der Waals surface area contributed by atoms with Crippen molar-refractivity contribution in [1.82, 2.24) is 19.9 Å². The zero-order valence-corrected chi connectivity index (χ0v) is 13.0. The van der Waals surface area contributed by atoms with Crippen molar-refractivity contribution >= 4 is 17.7 Å². The highest BCUT2D eigenvalue weighted by Gasteiger charge is 2.27. The van der Waals surface area contributed by atoms with Gasteiger partial charge in [-0.3, -0.25) is 4.79 Å². The molecule has 1 amide bonds. The van der Waals surface area contributed by atoms with Gasteiger partial charge in [0.1, 0.15) is 0 Å². The lowest BCUT2D eigenvalue weighted by Crippen LogP contribution is -2.44. The molecule has 0 radical (unpaired) electrons. The summed E-state index contributed by atoms with van der Waals surface area (Å²) < 4.78 is 1.64. The minimum Gasteiger partial charge on any atom is -0.336 e. The molecule has 3 rings (SSSR count). The number of carbonyl (C=O) groups excluding carboxylic acids is 1. The van der Waals surface area contributed by atoms with E-state index < -0.39 is 0 Å². The first-order chi connectivity index (χ1) is 10.1. The topological polar surface area (TPSA) is 51.0 Å². The molecule has 1 fully saturated rings. The maximum atomic E-state index is 12.9. The lowest BCUT2D eigenvalue weighted by molar-refractivity contribution is 0.0753. The van der Waals surface area contributed by atoms with Crippen LogP contribution in [0.15, 0.2) is 36.7 Å². The fourth-order valence-electron chi connectivity index (χ4n) is 2.71. The van der Waals surface area contributed by atoms with Gasteiger partial charge in [0.2, 0.25) is 0 Å². The highest BCUT2D eigenvalue weighted by molar-refractivity contribution is 8.00. The summed E-state index contributed by atoms with van der Waals surface area (Å²) in [7, 11) is 0. The minimum atomic E-state index is 0.0695. The highest BCUT2D eigenvalue weighted by Crippen LogP contribution is 2.26. The average molecular weight is 302 g/mol. The molecule has 5 nitrogen and oxygen atoms in total. The van der Waals surface area contributed by atoms with Gasteiger partial charge >= 0.3 is 0 Å². The lowest BCUT2D eigenvalue weighted by Gasteiger charge is -2.34. The van der Waals surface area contributed by atoms with Crippen molar-refractivity contribution in [3.8, 4) is 5.69 Å². The average Bonchev–Trinajstić information content (AvgIpc) is 2.99. The minimum absolute atomic E-state index is 0.0695. The number of hydrogen-bond donors (Lipinski definition) is 0. The molecular formula is C15H18N4OS. The third-order valence-electron chi connectivity index (χ3n) is 3.51. The second kappa shape index (κ2) is 5.89. The monoisotopic (exact) mass is 302 g/mol. The summed E-state index contributed by atoms with van der Waals surface area (Å²) in [5.74, 6) is 0.0695. The summed E-state index contributed by atoms with van der Waals surface area (Å²) in [6.07, 6.45) is 3.37. The number of aromatic nitrogens is 3. The van der Waals surface area contributed by atoms with E-state index in [1.165, 1.54) is 0 Å². The number of nitrogens with zero attached hydrogens (tertiary/aromatic N) is 4. The molecule has 1 aromatic carbocycles. The molecule has 1 saturated heterocycles. The summed E-state index contributed by atoms with van der Waals surface area (Å²) in [4.78, 5) is 14.8. The van der Waals surface area contributed by atoms with Crippen LogP contribution in [-0.4, -0.2) is 49.4 Å². The van der Waals surface area contributed by atoms with E-state index in [1.54, 1.807) is 17.1 Å². The molecule has 2 aromatic rings. The highest BCUT2D eigenvalue weighted by atomic mass is 32.2. The Kier molecular flexibility index (Phi) is 3.96. The molecule has 1 aliphatic heterocycles. The first-order valence-electron chi connectivity index (χ1n) is 7.05. The summed E-state index contributed by atoms with van der Waals surface area (Å²) >= 11 is 1.94. The van der Waals surface area contributed by atoms with Crippen LogP contribution >= 0.6 is 11.8 Å². The molecule has 0 bridgehead atoms. The van der Waals surface area contributed by atoms with Gasteiger partial charge in [-0.1, -0.05) is 31.2 Å². The van der Waals surface area contributed by atoms with Gasteiger partial charge in [0, 0.05) is 23.6 Å². The SMILES string of the molecule is C[C@@H]1CN(C(=O)c2ccccc2-n2ccnn2)C[C@H](C)S1. The van der Waals surface area contributed by atoms with Gasteiger partial charge in [0.15, 0.2) is 0 Å². The molecule has 0 N–H and O–H groups in total. The van der Waals surface area contributed by atoms with Gasteiger partial charge in [-0.05, 0) is 12.1 Å². The molecule has 1 aromatic heterocycles. The van der Waals surface area contributed by atoms with Gasteiger partial charge in [0.05, 0.1) is 23.6 Å². The number of hydrogen-bond acceptors (Lipinski definition) is 4. The van der Waals surface area contributed by atoms with Crippen molar-refractivity contribution in [2.75, 3.05) is 13.1 Å². The van der Waals surface area contributed by atoms with E-state index in [2.05, 4.69) is 24.2 Å². The molecule has 0 aliphatic carbocycles. The molecule has 2 atom stereocenters. The van der Waals surface area contributed by atoms with Crippen LogP contribution in [0.2, 0.25) is 0 Å². The van der Waals surface area contributed by atoms with E-state index in [0.717, 1.165) is 18.8 Å². The Morgan fingerprint density at radius 3 is 2.62 bits per heavy atom. The standard InChI is InChI=1S/C15H18N4OS/c1-11-9-18(10-12(2)21-11)15(20)13-5-3-4-6-14(13)19-8-7-16-17-19/h3-8,11-12H,9-10H2,1-2H3/t11-,12+. The van der Waals surface area contributed by atoms with Crippen LogP contribution in [0.5, 0.6) is 0 Å². The van der Waals surface area contributed by atoms with Gasteiger partial charge in [0.25, 0.3) is 5.91 Å². The predicted molar refractivity (Wildman–Crippen MR) is 83.8 cm³/mol. The number of rotatable bonds is 2. The van der Waals surface area contributed by atoms with Crippen LogP contribution < -0.4 is 0 Å². The van der Waals surface area contributed by atoms with Gasteiger partial charge in [-0.15, -0.1) is 5.10 Å². The third-order valence-corrected chi connectivity index (χ3v) is 4.74. The fourth-order valence-corrected chi connectivity index (χ4v) is 4.03. The zero-order valence-electron chi connectivity index (χ0n) is 12.1. The number of amides is 1. The number of thioether (sulfide) groups is 1.